The Morgan fingerprint density at radius 1 is 1.33 bits per heavy atom. The van der Waals surface area contributed by atoms with Crippen LogP contribution in [0.25, 0.3) is 0 Å². The zero-order valence-electron chi connectivity index (χ0n) is 10.9. The summed E-state index contributed by atoms with van der Waals surface area (Å²) in [6.07, 6.45) is 0.488. The van der Waals surface area contributed by atoms with Crippen molar-refractivity contribution in [2.75, 3.05) is 0 Å². The van der Waals surface area contributed by atoms with Crippen molar-refractivity contribution in [1.29, 1.82) is 0 Å². The van der Waals surface area contributed by atoms with E-state index in [0.29, 0.717) is 0 Å². The van der Waals surface area contributed by atoms with Crippen molar-refractivity contribution in [2.24, 2.45) is 0 Å². The Morgan fingerprint density at radius 2 is 1.94 bits per heavy atom. The molecule has 1 saturated carbocycles. The average Bonchev–Trinajstić information content (AvgIpc) is 2.95. The number of benzene rings is 1. The van der Waals surface area contributed by atoms with Gasteiger partial charge in [-0.05, 0) is 44.9 Å². The molecule has 0 spiro atoms. The van der Waals surface area contributed by atoms with Crippen LogP contribution in [-0.4, -0.2) is 17.7 Å². The second kappa shape index (κ2) is 4.59. The molecule has 0 radical (unpaired) electrons. The topological polar surface area (TPSA) is 38.3 Å². The molecule has 1 aliphatic carbocycles. The number of alkyl carbamates (subject to hydrolysis) is 1. The minimum atomic E-state index is -0.482. The zero-order chi connectivity index (χ0) is 13.3. The van der Waals surface area contributed by atoms with Crippen LogP contribution < -0.4 is 5.32 Å². The first-order valence-corrected chi connectivity index (χ1v) is 6.10. The van der Waals surface area contributed by atoms with E-state index in [2.05, 4.69) is 5.32 Å². The first-order chi connectivity index (χ1) is 8.35. The lowest BCUT2D eigenvalue weighted by molar-refractivity contribution is 0.0523. The third-order valence-electron chi connectivity index (χ3n) is 2.79. The van der Waals surface area contributed by atoms with Gasteiger partial charge in [-0.15, -0.1) is 0 Å². The zero-order valence-corrected chi connectivity index (χ0v) is 10.9. The van der Waals surface area contributed by atoms with Crippen LogP contribution in [0.15, 0.2) is 24.3 Å². The standard InChI is InChI=1S/C14H18FNO2/c1-14(2,3)18-13(17)16-12-8-11(12)9-4-6-10(15)7-5-9/h4-7,11-12H,8H2,1-3H3,(H,16,17)/t11-,12+/m0/s1. The van der Waals surface area contributed by atoms with Crippen LogP contribution in [-0.2, 0) is 4.74 Å². The van der Waals surface area contributed by atoms with Crippen molar-refractivity contribution in [2.45, 2.75) is 44.8 Å². The lowest BCUT2D eigenvalue weighted by Crippen LogP contribution is -2.34. The first kappa shape index (κ1) is 12.9. The molecule has 1 aliphatic rings. The summed E-state index contributed by atoms with van der Waals surface area (Å²) < 4.78 is 18.0. The molecule has 4 heteroatoms. The molecule has 1 aromatic carbocycles. The summed E-state index contributed by atoms with van der Waals surface area (Å²) >= 11 is 0. The number of carbonyl (C=O) groups excluding carboxylic acids is 1. The highest BCUT2D eigenvalue weighted by Crippen LogP contribution is 2.40. The second-order valence-electron chi connectivity index (χ2n) is 5.65. The van der Waals surface area contributed by atoms with Crippen molar-refractivity contribution >= 4 is 6.09 Å². The van der Waals surface area contributed by atoms with Gasteiger partial charge in [0.25, 0.3) is 0 Å². The van der Waals surface area contributed by atoms with Gasteiger partial charge in [0.15, 0.2) is 0 Å². The summed E-state index contributed by atoms with van der Waals surface area (Å²) in [4.78, 5) is 11.5. The van der Waals surface area contributed by atoms with Gasteiger partial charge in [0.2, 0.25) is 0 Å². The smallest absolute Gasteiger partial charge is 0.407 e. The molecule has 0 aromatic heterocycles. The molecule has 18 heavy (non-hydrogen) atoms. The number of hydrogen-bond acceptors (Lipinski definition) is 2. The largest absolute Gasteiger partial charge is 0.444 e. The normalized spacial score (nSPS) is 22.4. The number of hydrogen-bond donors (Lipinski definition) is 1. The summed E-state index contributed by atoms with van der Waals surface area (Å²) in [5, 5.41) is 2.82. The Balaban J connectivity index is 1.85. The Morgan fingerprint density at radius 3 is 2.50 bits per heavy atom. The number of ether oxygens (including phenoxy) is 1. The Kier molecular flexibility index (Phi) is 3.28. The van der Waals surface area contributed by atoms with E-state index < -0.39 is 11.7 Å². The van der Waals surface area contributed by atoms with Crippen molar-refractivity contribution < 1.29 is 13.9 Å². The van der Waals surface area contributed by atoms with E-state index in [0.717, 1.165) is 12.0 Å². The maximum atomic E-state index is 12.8. The third kappa shape index (κ3) is 3.45. The van der Waals surface area contributed by atoms with Gasteiger partial charge in [0.1, 0.15) is 11.4 Å². The Bertz CT molecular complexity index is 436. The summed E-state index contributed by atoms with van der Waals surface area (Å²) in [7, 11) is 0. The quantitative estimate of drug-likeness (QED) is 0.876. The van der Waals surface area contributed by atoms with E-state index in [1.54, 1.807) is 12.1 Å². The average molecular weight is 251 g/mol. The molecule has 1 N–H and O–H groups in total. The van der Waals surface area contributed by atoms with E-state index in [1.807, 2.05) is 20.8 Å². The lowest BCUT2D eigenvalue weighted by atomic mass is 10.1. The fourth-order valence-electron chi connectivity index (χ4n) is 1.89. The van der Waals surface area contributed by atoms with Crippen LogP contribution in [0.3, 0.4) is 0 Å². The molecule has 0 aliphatic heterocycles. The molecular formula is C14H18FNO2. The maximum Gasteiger partial charge on any atom is 0.407 e. The molecule has 3 nitrogen and oxygen atoms in total. The van der Waals surface area contributed by atoms with Gasteiger partial charge >= 0.3 is 6.09 Å². The fourth-order valence-corrected chi connectivity index (χ4v) is 1.89. The Labute approximate surface area is 106 Å². The van der Waals surface area contributed by atoms with Crippen LogP contribution in [0.2, 0.25) is 0 Å². The third-order valence-corrected chi connectivity index (χ3v) is 2.79. The molecule has 1 fully saturated rings. The molecule has 2 rings (SSSR count). The van der Waals surface area contributed by atoms with Crippen molar-refractivity contribution in [3.8, 4) is 0 Å². The van der Waals surface area contributed by atoms with Crippen LogP contribution in [0.5, 0.6) is 0 Å². The van der Waals surface area contributed by atoms with Crippen LogP contribution >= 0.6 is 0 Å². The van der Waals surface area contributed by atoms with Crippen molar-refractivity contribution in [3.05, 3.63) is 35.6 Å². The van der Waals surface area contributed by atoms with Crippen molar-refractivity contribution in [1.82, 2.24) is 5.32 Å². The SMILES string of the molecule is CC(C)(C)OC(=O)N[C@@H]1C[C@H]1c1ccc(F)cc1. The van der Waals surface area contributed by atoms with E-state index in [9.17, 15) is 9.18 Å². The van der Waals surface area contributed by atoms with Gasteiger partial charge in [-0.25, -0.2) is 9.18 Å². The van der Waals surface area contributed by atoms with E-state index in [4.69, 9.17) is 4.74 Å². The number of rotatable bonds is 2. The van der Waals surface area contributed by atoms with Gasteiger partial charge in [0.05, 0.1) is 0 Å². The van der Waals surface area contributed by atoms with Gasteiger partial charge in [-0.1, -0.05) is 12.1 Å². The molecule has 0 bridgehead atoms. The number of halogens is 1. The maximum absolute atomic E-state index is 12.8. The summed E-state index contributed by atoms with van der Waals surface area (Å²) in [5.41, 5.74) is 0.571. The van der Waals surface area contributed by atoms with E-state index in [-0.39, 0.29) is 17.8 Å². The van der Waals surface area contributed by atoms with Crippen LogP contribution in [0.1, 0.15) is 38.7 Å². The summed E-state index contributed by atoms with van der Waals surface area (Å²) in [6, 6.07) is 6.51. The van der Waals surface area contributed by atoms with E-state index >= 15 is 0 Å². The lowest BCUT2D eigenvalue weighted by Gasteiger charge is -2.19. The van der Waals surface area contributed by atoms with Gasteiger partial charge in [-0.3, -0.25) is 0 Å². The molecule has 0 unspecified atom stereocenters. The minimum Gasteiger partial charge on any atom is -0.444 e. The minimum absolute atomic E-state index is 0.102. The predicted molar refractivity (Wildman–Crippen MR) is 66.9 cm³/mol. The fraction of sp³-hybridized carbons (Fsp3) is 0.500. The molecule has 1 amide bonds. The highest BCUT2D eigenvalue weighted by Gasteiger charge is 2.40. The number of nitrogens with one attached hydrogen (secondary N) is 1. The molecule has 1 aromatic rings. The van der Waals surface area contributed by atoms with Gasteiger partial charge in [-0.2, -0.15) is 0 Å². The Hall–Kier alpha value is -1.58. The van der Waals surface area contributed by atoms with Gasteiger partial charge < -0.3 is 10.1 Å². The van der Waals surface area contributed by atoms with Crippen LogP contribution in [0, 0.1) is 5.82 Å². The highest BCUT2D eigenvalue weighted by molar-refractivity contribution is 5.69. The summed E-state index contributed by atoms with van der Waals surface area (Å²) in [5.74, 6) is 0.0363. The second-order valence-corrected chi connectivity index (χ2v) is 5.65. The summed E-state index contributed by atoms with van der Waals surface area (Å²) in [6.45, 7) is 5.49. The first-order valence-electron chi connectivity index (χ1n) is 6.10. The molecular weight excluding hydrogens is 233 g/mol. The molecule has 0 heterocycles. The predicted octanol–water partition coefficient (Wildman–Crippen LogP) is 3.21. The number of carbonyl (C=O) groups is 1. The molecule has 2 atom stereocenters. The number of amides is 1. The highest BCUT2D eigenvalue weighted by atomic mass is 19.1. The molecule has 98 valence electrons. The van der Waals surface area contributed by atoms with Gasteiger partial charge in [0, 0.05) is 12.0 Å². The molecule has 0 saturated heterocycles. The van der Waals surface area contributed by atoms with Crippen LogP contribution in [0.4, 0.5) is 9.18 Å². The van der Waals surface area contributed by atoms with E-state index in [1.165, 1.54) is 12.1 Å². The monoisotopic (exact) mass is 251 g/mol. The van der Waals surface area contributed by atoms with Crippen molar-refractivity contribution in [3.63, 3.8) is 0 Å².